The number of hydrogen-bond donors (Lipinski definition) is 3. The summed E-state index contributed by atoms with van der Waals surface area (Å²) < 4.78 is 16.0. The molecule has 0 saturated heterocycles. The number of hydrogen-bond acceptors (Lipinski definition) is 6. The molecule has 0 aliphatic rings. The Morgan fingerprint density at radius 3 is 2.47 bits per heavy atom. The van der Waals surface area contributed by atoms with Crippen LogP contribution in [-0.2, 0) is 19.4 Å². The monoisotopic (exact) mass is 532 g/mol. The number of aliphatic hydroxyl groups excluding tert-OH is 1. The van der Waals surface area contributed by atoms with E-state index in [9.17, 15) is 5.11 Å². The zero-order chi connectivity index (χ0) is 21.2. The van der Waals surface area contributed by atoms with Crippen LogP contribution in [-0.4, -0.2) is 43.5 Å². The van der Waals surface area contributed by atoms with E-state index in [0.717, 1.165) is 35.4 Å². The summed E-state index contributed by atoms with van der Waals surface area (Å²) in [4.78, 5) is 4.64. The highest BCUT2D eigenvalue weighted by Gasteiger charge is 2.15. The Morgan fingerprint density at radius 1 is 1.13 bits per heavy atom. The summed E-state index contributed by atoms with van der Waals surface area (Å²) in [6, 6.07) is 5.37. The van der Waals surface area contributed by atoms with Gasteiger partial charge in [0.25, 0.3) is 0 Å². The number of halogens is 1. The highest BCUT2D eigenvalue weighted by Crippen LogP contribution is 2.29. The average molecular weight is 532 g/mol. The smallest absolute Gasteiger partial charge is 0.191 e. The van der Waals surface area contributed by atoms with Gasteiger partial charge in [0, 0.05) is 25.1 Å². The van der Waals surface area contributed by atoms with E-state index in [-0.39, 0.29) is 24.0 Å². The Kier molecular flexibility index (Phi) is 11.6. The summed E-state index contributed by atoms with van der Waals surface area (Å²) in [5, 5.41) is 21.1. The average Bonchev–Trinajstić information content (AvgIpc) is 3.16. The molecule has 8 nitrogen and oxygen atoms in total. The van der Waals surface area contributed by atoms with Crippen LogP contribution in [0.15, 0.2) is 27.7 Å². The van der Waals surface area contributed by atoms with E-state index in [4.69, 9.17) is 14.0 Å². The molecule has 1 atom stereocenters. The predicted molar refractivity (Wildman–Crippen MR) is 128 cm³/mol. The Bertz CT molecular complexity index is 789. The van der Waals surface area contributed by atoms with Crippen LogP contribution in [0.5, 0.6) is 11.5 Å². The van der Waals surface area contributed by atoms with E-state index >= 15 is 0 Å². The third-order valence-electron chi connectivity index (χ3n) is 4.60. The zero-order valence-corrected chi connectivity index (χ0v) is 20.6. The van der Waals surface area contributed by atoms with Crippen molar-refractivity contribution in [3.05, 3.63) is 40.8 Å². The highest BCUT2D eigenvalue weighted by molar-refractivity contribution is 14.0. The summed E-state index contributed by atoms with van der Waals surface area (Å²) in [6.45, 7) is 7.56. The number of nitrogens with one attached hydrogen (secondary N) is 2. The first-order chi connectivity index (χ1) is 14.1. The first-order valence-corrected chi connectivity index (χ1v) is 9.96. The van der Waals surface area contributed by atoms with Crippen molar-refractivity contribution in [2.45, 2.75) is 46.3 Å². The third kappa shape index (κ3) is 6.76. The maximum absolute atomic E-state index is 10.6. The molecule has 0 fully saturated rings. The van der Waals surface area contributed by atoms with Crippen LogP contribution in [0.1, 0.15) is 49.5 Å². The minimum absolute atomic E-state index is 0. The van der Waals surface area contributed by atoms with Gasteiger partial charge in [0.15, 0.2) is 17.5 Å². The molecule has 0 bridgehead atoms. The van der Waals surface area contributed by atoms with E-state index in [0.29, 0.717) is 37.1 Å². The molecule has 0 aliphatic heterocycles. The topological polar surface area (TPSA) is 101 Å². The molecular formula is C21H33IN4O4. The van der Waals surface area contributed by atoms with E-state index in [1.54, 1.807) is 26.4 Å². The van der Waals surface area contributed by atoms with Gasteiger partial charge in [-0.05, 0) is 31.0 Å². The van der Waals surface area contributed by atoms with Crippen LogP contribution in [0.4, 0.5) is 0 Å². The molecule has 2 rings (SSSR count). The summed E-state index contributed by atoms with van der Waals surface area (Å²) in [6.07, 6.45) is 0.850. The third-order valence-corrected chi connectivity index (χ3v) is 4.60. The van der Waals surface area contributed by atoms with E-state index in [1.165, 1.54) is 0 Å². The van der Waals surface area contributed by atoms with Gasteiger partial charge in [-0.2, -0.15) is 0 Å². The van der Waals surface area contributed by atoms with Crippen molar-refractivity contribution in [1.29, 1.82) is 0 Å². The van der Waals surface area contributed by atoms with Crippen LogP contribution in [0, 0.1) is 0 Å². The lowest BCUT2D eigenvalue weighted by molar-refractivity contribution is 0.180. The van der Waals surface area contributed by atoms with E-state index < -0.39 is 6.10 Å². The first-order valence-electron chi connectivity index (χ1n) is 9.96. The molecule has 2 aromatic rings. The molecule has 30 heavy (non-hydrogen) atoms. The van der Waals surface area contributed by atoms with Crippen LogP contribution >= 0.6 is 24.0 Å². The minimum atomic E-state index is -0.730. The molecule has 3 N–H and O–H groups in total. The van der Waals surface area contributed by atoms with Crippen molar-refractivity contribution < 1.29 is 19.1 Å². The Morgan fingerprint density at radius 2 is 1.87 bits per heavy atom. The first kappa shape index (κ1) is 26.0. The molecule has 1 aromatic carbocycles. The standard InChI is InChI=1S/C21H32N4O4.HI/c1-6-16-15(18(7-2)29-25-16)12-23-21(22-8-3)24-13-17(26)14-9-10-19(27-4)20(11-14)28-5;/h9-11,17,26H,6-8,12-13H2,1-5H3,(H2,22,23,24);1H. The second-order valence-corrected chi connectivity index (χ2v) is 6.44. The molecule has 168 valence electrons. The van der Waals surface area contributed by atoms with Crippen LogP contribution in [0.25, 0.3) is 0 Å². The molecule has 1 heterocycles. The van der Waals surface area contributed by atoms with Crippen molar-refractivity contribution >= 4 is 29.9 Å². The van der Waals surface area contributed by atoms with E-state index in [2.05, 4.69) is 20.8 Å². The number of benzene rings is 1. The van der Waals surface area contributed by atoms with E-state index in [1.807, 2.05) is 26.8 Å². The zero-order valence-electron chi connectivity index (χ0n) is 18.3. The van der Waals surface area contributed by atoms with Crippen LogP contribution in [0.2, 0.25) is 0 Å². The number of aliphatic hydroxyl groups is 1. The molecule has 0 amide bonds. The summed E-state index contributed by atoms with van der Waals surface area (Å²) in [5.74, 6) is 2.69. The number of aliphatic imine (C=N–C) groups is 1. The fourth-order valence-corrected chi connectivity index (χ4v) is 2.99. The Labute approximate surface area is 195 Å². The minimum Gasteiger partial charge on any atom is -0.493 e. The van der Waals surface area contributed by atoms with Gasteiger partial charge in [-0.3, -0.25) is 0 Å². The molecule has 0 radical (unpaired) electrons. The summed E-state index contributed by atoms with van der Waals surface area (Å²) >= 11 is 0. The molecule has 1 aromatic heterocycles. The SMILES string of the molecule is CCNC(=NCc1c(CC)noc1CC)NCC(O)c1ccc(OC)c(OC)c1.I. The van der Waals surface area contributed by atoms with Gasteiger partial charge in [0.2, 0.25) is 0 Å². The molecule has 1 unspecified atom stereocenters. The number of guanidine groups is 1. The highest BCUT2D eigenvalue weighted by atomic mass is 127. The Balaban J connectivity index is 0.00000450. The maximum atomic E-state index is 10.6. The fourth-order valence-electron chi connectivity index (χ4n) is 2.99. The largest absolute Gasteiger partial charge is 0.493 e. The van der Waals surface area contributed by atoms with Crippen molar-refractivity contribution in [2.75, 3.05) is 27.3 Å². The van der Waals surface area contributed by atoms with Gasteiger partial charge >= 0.3 is 0 Å². The molecule has 0 aliphatic carbocycles. The van der Waals surface area contributed by atoms with Crippen molar-refractivity contribution in [3.63, 3.8) is 0 Å². The number of nitrogens with zero attached hydrogens (tertiary/aromatic N) is 2. The van der Waals surface area contributed by atoms with Gasteiger partial charge in [0.1, 0.15) is 5.76 Å². The van der Waals surface area contributed by atoms with Crippen molar-refractivity contribution in [2.24, 2.45) is 4.99 Å². The normalized spacial score (nSPS) is 12.1. The fraction of sp³-hybridized carbons (Fsp3) is 0.524. The van der Waals surface area contributed by atoms with Gasteiger partial charge < -0.3 is 29.7 Å². The van der Waals surface area contributed by atoms with Gasteiger partial charge in [-0.25, -0.2) is 4.99 Å². The van der Waals surface area contributed by atoms with Gasteiger partial charge in [-0.15, -0.1) is 24.0 Å². The lowest BCUT2D eigenvalue weighted by Gasteiger charge is -2.17. The maximum Gasteiger partial charge on any atom is 0.191 e. The lowest BCUT2D eigenvalue weighted by atomic mass is 10.1. The molecular weight excluding hydrogens is 499 g/mol. The number of methoxy groups -OCH3 is 2. The van der Waals surface area contributed by atoms with Crippen molar-refractivity contribution in [1.82, 2.24) is 15.8 Å². The number of ether oxygens (including phenoxy) is 2. The van der Waals surface area contributed by atoms with Crippen LogP contribution < -0.4 is 20.1 Å². The van der Waals surface area contributed by atoms with Crippen LogP contribution in [0.3, 0.4) is 0 Å². The number of aromatic nitrogens is 1. The van der Waals surface area contributed by atoms with Crippen molar-refractivity contribution in [3.8, 4) is 11.5 Å². The molecule has 0 saturated carbocycles. The number of rotatable bonds is 10. The predicted octanol–water partition coefficient (Wildman–Crippen LogP) is 3.22. The number of aryl methyl sites for hydroxylation is 2. The molecule has 9 heteroatoms. The summed E-state index contributed by atoms with van der Waals surface area (Å²) in [7, 11) is 3.15. The second-order valence-electron chi connectivity index (χ2n) is 6.44. The quantitative estimate of drug-likeness (QED) is 0.246. The molecule has 0 spiro atoms. The lowest BCUT2D eigenvalue weighted by Crippen LogP contribution is -2.39. The summed E-state index contributed by atoms with van der Waals surface area (Å²) in [5.41, 5.74) is 2.70. The Hall–Kier alpha value is -2.01. The van der Waals surface area contributed by atoms with Gasteiger partial charge in [0.05, 0.1) is 32.6 Å². The van der Waals surface area contributed by atoms with Gasteiger partial charge in [-0.1, -0.05) is 25.1 Å². The second kappa shape index (κ2) is 13.3.